The first-order valence-corrected chi connectivity index (χ1v) is 7.54. The lowest BCUT2D eigenvalue weighted by Crippen LogP contribution is -2.37. The molecule has 3 N–H and O–H groups in total. The zero-order valence-corrected chi connectivity index (χ0v) is 15.7. The summed E-state index contributed by atoms with van der Waals surface area (Å²) in [5.41, 5.74) is 5.66. The van der Waals surface area contributed by atoms with E-state index in [1.165, 1.54) is 18.2 Å². The maximum absolute atomic E-state index is 12.4. The highest BCUT2D eigenvalue weighted by Gasteiger charge is 2.32. The van der Waals surface area contributed by atoms with Gasteiger partial charge in [0.15, 0.2) is 11.7 Å². The summed E-state index contributed by atoms with van der Waals surface area (Å²) in [7, 11) is 0. The third-order valence-corrected chi connectivity index (χ3v) is 3.47. The Bertz CT molecular complexity index is 605. The number of halogens is 4. The highest BCUT2D eigenvalue weighted by molar-refractivity contribution is 14.0. The average molecular weight is 472 g/mol. The van der Waals surface area contributed by atoms with Gasteiger partial charge in [-0.3, -0.25) is 4.79 Å². The molecular weight excluding hydrogens is 452 g/mol. The molecule has 0 atom stereocenters. The standard InChI is InChI=1S/C15H19F3N4O2.HI/c16-15(17,18)24-12-7-3-2-6-11(12)21-14(19)20-10-13(23)22-8-4-1-5-9-22;/h2-3,6-7H,1,4-5,8-10H2,(H3,19,20,21);1H. The van der Waals surface area contributed by atoms with Crippen molar-refractivity contribution in [1.82, 2.24) is 4.90 Å². The molecule has 6 nitrogen and oxygen atoms in total. The number of alkyl halides is 3. The lowest BCUT2D eigenvalue weighted by atomic mass is 10.1. The van der Waals surface area contributed by atoms with Crippen molar-refractivity contribution in [3.63, 3.8) is 0 Å². The van der Waals surface area contributed by atoms with E-state index in [0.717, 1.165) is 25.3 Å². The molecule has 2 rings (SSSR count). The van der Waals surface area contributed by atoms with E-state index in [1.54, 1.807) is 4.90 Å². The minimum Gasteiger partial charge on any atom is -0.404 e. The molecule has 0 saturated carbocycles. The molecule has 0 radical (unpaired) electrons. The van der Waals surface area contributed by atoms with Crippen molar-refractivity contribution in [1.29, 1.82) is 0 Å². The van der Waals surface area contributed by atoms with Crippen LogP contribution in [0.5, 0.6) is 5.75 Å². The fourth-order valence-corrected chi connectivity index (χ4v) is 2.36. The Morgan fingerprint density at radius 2 is 1.88 bits per heavy atom. The topological polar surface area (TPSA) is 80.0 Å². The Morgan fingerprint density at radius 1 is 1.24 bits per heavy atom. The van der Waals surface area contributed by atoms with Crippen LogP contribution >= 0.6 is 24.0 Å². The summed E-state index contributed by atoms with van der Waals surface area (Å²) in [6.45, 7) is 1.25. The molecule has 140 valence electrons. The molecule has 1 amide bonds. The van der Waals surface area contributed by atoms with Gasteiger partial charge in [-0.15, -0.1) is 37.1 Å². The molecule has 1 aromatic carbocycles. The number of para-hydroxylation sites is 2. The lowest BCUT2D eigenvalue weighted by Gasteiger charge is -2.26. The molecule has 1 aliphatic heterocycles. The Morgan fingerprint density at radius 3 is 2.52 bits per heavy atom. The van der Waals surface area contributed by atoms with Crippen LogP contribution < -0.4 is 15.8 Å². The zero-order chi connectivity index (χ0) is 17.6. The number of ether oxygens (including phenoxy) is 1. The summed E-state index contributed by atoms with van der Waals surface area (Å²) in [5, 5.41) is 2.52. The summed E-state index contributed by atoms with van der Waals surface area (Å²) in [6, 6.07) is 5.45. The second-order valence-electron chi connectivity index (χ2n) is 5.31. The molecule has 1 saturated heterocycles. The number of nitrogens with two attached hydrogens (primary N) is 1. The van der Waals surface area contributed by atoms with Crippen LogP contribution in [0.25, 0.3) is 0 Å². The van der Waals surface area contributed by atoms with Gasteiger partial charge in [0.1, 0.15) is 6.54 Å². The number of benzene rings is 1. The molecule has 0 bridgehead atoms. The van der Waals surface area contributed by atoms with E-state index in [9.17, 15) is 18.0 Å². The summed E-state index contributed by atoms with van der Waals surface area (Å²) in [4.78, 5) is 17.6. The van der Waals surface area contributed by atoms with Gasteiger partial charge in [-0.05, 0) is 31.4 Å². The Hall–Kier alpha value is -1.72. The molecule has 25 heavy (non-hydrogen) atoms. The molecule has 0 spiro atoms. The number of nitrogens with zero attached hydrogens (tertiary/aromatic N) is 2. The summed E-state index contributed by atoms with van der Waals surface area (Å²) in [6.07, 6.45) is -1.78. The number of carbonyl (C=O) groups is 1. The van der Waals surface area contributed by atoms with Gasteiger partial charge in [0.2, 0.25) is 5.91 Å². The van der Waals surface area contributed by atoms with Gasteiger partial charge in [0.05, 0.1) is 5.69 Å². The minimum absolute atomic E-state index is 0. The first-order valence-electron chi connectivity index (χ1n) is 7.54. The molecule has 10 heteroatoms. The number of amides is 1. The molecule has 1 heterocycles. The summed E-state index contributed by atoms with van der Waals surface area (Å²) >= 11 is 0. The number of nitrogens with one attached hydrogen (secondary N) is 1. The number of hydrogen-bond donors (Lipinski definition) is 2. The third-order valence-electron chi connectivity index (χ3n) is 3.47. The lowest BCUT2D eigenvalue weighted by molar-refractivity contribution is -0.274. The SMILES string of the molecule is I.NC(=NCC(=O)N1CCCCC1)Nc1ccccc1OC(F)(F)F. The van der Waals surface area contributed by atoms with Crippen molar-refractivity contribution in [2.24, 2.45) is 10.7 Å². The number of carbonyl (C=O) groups excluding carboxylic acids is 1. The van der Waals surface area contributed by atoms with E-state index in [2.05, 4.69) is 15.0 Å². The van der Waals surface area contributed by atoms with E-state index in [4.69, 9.17) is 5.73 Å². The number of likely N-dealkylation sites (tertiary alicyclic amines) is 1. The minimum atomic E-state index is -4.81. The number of aliphatic imine (C=N–C) groups is 1. The number of anilines is 1. The Balaban J connectivity index is 0.00000312. The largest absolute Gasteiger partial charge is 0.573 e. The molecule has 1 fully saturated rings. The first-order chi connectivity index (χ1) is 11.3. The van der Waals surface area contributed by atoms with Gasteiger partial charge in [-0.2, -0.15) is 0 Å². The van der Waals surface area contributed by atoms with Crippen LogP contribution in [0.3, 0.4) is 0 Å². The van der Waals surface area contributed by atoms with Crippen LogP contribution in [0, 0.1) is 0 Å². The van der Waals surface area contributed by atoms with Crippen LogP contribution in [0.2, 0.25) is 0 Å². The summed E-state index contributed by atoms with van der Waals surface area (Å²) in [5.74, 6) is -0.733. The Labute approximate surface area is 160 Å². The van der Waals surface area contributed by atoms with Crippen molar-refractivity contribution >= 4 is 41.5 Å². The second kappa shape index (κ2) is 9.68. The van der Waals surface area contributed by atoms with Gasteiger partial charge in [0.25, 0.3) is 0 Å². The normalized spacial score (nSPS) is 15.3. The van der Waals surface area contributed by atoms with E-state index >= 15 is 0 Å². The molecule has 0 aliphatic carbocycles. The van der Waals surface area contributed by atoms with E-state index < -0.39 is 12.1 Å². The predicted molar refractivity (Wildman–Crippen MR) is 99.1 cm³/mol. The average Bonchev–Trinajstić information content (AvgIpc) is 2.54. The van der Waals surface area contributed by atoms with Crippen molar-refractivity contribution in [2.75, 3.05) is 25.0 Å². The van der Waals surface area contributed by atoms with Gasteiger partial charge in [-0.1, -0.05) is 12.1 Å². The fraction of sp³-hybridized carbons (Fsp3) is 0.467. The smallest absolute Gasteiger partial charge is 0.404 e. The van der Waals surface area contributed by atoms with Crippen molar-refractivity contribution < 1.29 is 22.7 Å². The third kappa shape index (κ3) is 7.36. The van der Waals surface area contributed by atoms with Crippen molar-refractivity contribution in [2.45, 2.75) is 25.6 Å². The molecule has 1 aromatic rings. The van der Waals surface area contributed by atoms with Crippen LogP contribution in [-0.2, 0) is 4.79 Å². The second-order valence-corrected chi connectivity index (χ2v) is 5.31. The van der Waals surface area contributed by atoms with Gasteiger partial charge < -0.3 is 20.7 Å². The van der Waals surface area contributed by atoms with E-state index in [0.29, 0.717) is 13.1 Å². The zero-order valence-electron chi connectivity index (χ0n) is 13.4. The molecule has 0 unspecified atom stereocenters. The van der Waals surface area contributed by atoms with Gasteiger partial charge >= 0.3 is 6.36 Å². The molecule has 1 aliphatic rings. The molecular formula is C15H20F3IN4O2. The van der Waals surface area contributed by atoms with Crippen molar-refractivity contribution in [3.8, 4) is 5.75 Å². The van der Waals surface area contributed by atoms with Crippen molar-refractivity contribution in [3.05, 3.63) is 24.3 Å². The number of guanidine groups is 1. The van der Waals surface area contributed by atoms with Gasteiger partial charge in [0, 0.05) is 13.1 Å². The monoisotopic (exact) mass is 472 g/mol. The highest BCUT2D eigenvalue weighted by atomic mass is 127. The van der Waals surface area contributed by atoms with Crippen LogP contribution in [0.1, 0.15) is 19.3 Å². The van der Waals surface area contributed by atoms with E-state index in [-0.39, 0.29) is 48.1 Å². The quantitative estimate of drug-likeness (QED) is 0.402. The first kappa shape index (κ1) is 21.3. The van der Waals surface area contributed by atoms with Crippen LogP contribution in [0.4, 0.5) is 18.9 Å². The highest BCUT2D eigenvalue weighted by Crippen LogP contribution is 2.29. The van der Waals surface area contributed by atoms with E-state index in [1.807, 2.05) is 0 Å². The maximum Gasteiger partial charge on any atom is 0.573 e. The molecule has 0 aromatic heterocycles. The summed E-state index contributed by atoms with van der Waals surface area (Å²) < 4.78 is 41.0. The fourth-order valence-electron chi connectivity index (χ4n) is 2.36. The number of hydrogen-bond acceptors (Lipinski definition) is 3. The predicted octanol–water partition coefficient (Wildman–Crippen LogP) is 2.94. The van der Waals surface area contributed by atoms with Gasteiger partial charge in [-0.25, -0.2) is 4.99 Å². The van der Waals surface area contributed by atoms with Crippen LogP contribution in [0.15, 0.2) is 29.3 Å². The van der Waals surface area contributed by atoms with Crippen LogP contribution in [-0.4, -0.2) is 42.8 Å². The number of rotatable bonds is 4. The Kier molecular flexibility index (Phi) is 8.26. The number of piperidine rings is 1. The maximum atomic E-state index is 12.4.